The summed E-state index contributed by atoms with van der Waals surface area (Å²) in [6, 6.07) is 65.2. The first-order valence-corrected chi connectivity index (χ1v) is 34.3. The van der Waals surface area contributed by atoms with Crippen molar-refractivity contribution in [1.82, 2.24) is 0 Å². The molecule has 0 amide bonds. The quantitative estimate of drug-likeness (QED) is 0.0912. The van der Waals surface area contributed by atoms with Crippen molar-refractivity contribution in [2.75, 3.05) is 0 Å². The van der Waals surface area contributed by atoms with Gasteiger partial charge in [0.1, 0.15) is 35.2 Å². The highest BCUT2D eigenvalue weighted by molar-refractivity contribution is 5.64. The molecule has 0 atom stereocenters. The van der Waals surface area contributed by atoms with Gasteiger partial charge in [-0.3, -0.25) is 0 Å². The summed E-state index contributed by atoms with van der Waals surface area (Å²) in [5.74, 6) is 1.47. The van der Waals surface area contributed by atoms with Crippen molar-refractivity contribution in [3.8, 4) is 56.3 Å². The maximum Gasteiger partial charge on any atom is 0.212 e. The van der Waals surface area contributed by atoms with E-state index in [1.807, 2.05) is 0 Å². The molecule has 5 aromatic heterocycles. The molecular formula is C88H116N5+5. The molecule has 0 unspecified atom stereocenters. The van der Waals surface area contributed by atoms with Crippen LogP contribution in [0.3, 0.4) is 0 Å². The van der Waals surface area contributed by atoms with Gasteiger partial charge in [0.2, 0.25) is 28.5 Å². The smallest absolute Gasteiger partial charge is 0.201 e. The topological polar surface area (TPSA) is 19.4 Å². The van der Waals surface area contributed by atoms with Crippen LogP contribution in [0.15, 0.2) is 213 Å². The van der Waals surface area contributed by atoms with Gasteiger partial charge < -0.3 is 0 Å². The number of hydrogen-bond donors (Lipinski definition) is 0. The number of aryl methyl sites for hydroxylation is 13. The number of benzene rings is 5. The van der Waals surface area contributed by atoms with Crippen LogP contribution in [0, 0.1) is 57.3 Å². The predicted octanol–water partition coefficient (Wildman–Crippen LogP) is 19.7. The van der Waals surface area contributed by atoms with Crippen LogP contribution < -0.4 is 22.8 Å². The minimum absolute atomic E-state index is 0.331. The van der Waals surface area contributed by atoms with Gasteiger partial charge in [-0.05, 0) is 191 Å². The van der Waals surface area contributed by atoms with Crippen molar-refractivity contribution >= 4 is 0 Å². The average molecular weight is 1240 g/mol. The Bertz CT molecular complexity index is 3980. The van der Waals surface area contributed by atoms with Crippen LogP contribution in [0.4, 0.5) is 0 Å². The van der Waals surface area contributed by atoms with E-state index < -0.39 is 0 Å². The Morgan fingerprint density at radius 2 is 0.570 bits per heavy atom. The molecule has 5 heteroatoms. The van der Waals surface area contributed by atoms with Crippen LogP contribution in [0.1, 0.15) is 151 Å². The molecule has 0 spiro atoms. The molecular weight excluding hydrogens is 1130 g/mol. The first kappa shape index (κ1) is 73.9. The first-order valence-electron chi connectivity index (χ1n) is 34.3. The second kappa shape index (κ2) is 35.2. The van der Waals surface area contributed by atoms with E-state index in [4.69, 9.17) is 0 Å². The first-order chi connectivity index (χ1) is 44.1. The molecule has 0 bridgehead atoms. The van der Waals surface area contributed by atoms with Gasteiger partial charge in [-0.2, -0.15) is 0 Å². The molecule has 0 fully saturated rings. The lowest BCUT2D eigenvalue weighted by atomic mass is 9.88. The summed E-state index contributed by atoms with van der Waals surface area (Å²) in [6.45, 7) is 35.9. The van der Waals surface area contributed by atoms with Crippen LogP contribution in [0.2, 0.25) is 0 Å². The molecule has 10 rings (SSSR count). The molecule has 0 N–H and O–H groups in total. The highest BCUT2D eigenvalue weighted by Gasteiger charge is 2.20. The number of hydrogen-bond acceptors (Lipinski definition) is 0. The Kier molecular flexibility index (Phi) is 28.0. The lowest BCUT2D eigenvalue weighted by Gasteiger charge is -2.17. The summed E-state index contributed by atoms with van der Waals surface area (Å²) >= 11 is 0. The highest BCUT2D eigenvalue weighted by Crippen LogP contribution is 2.27. The lowest BCUT2D eigenvalue weighted by molar-refractivity contribution is -0.661. The second-order valence-corrected chi connectivity index (χ2v) is 29.3. The molecule has 0 aliphatic heterocycles. The van der Waals surface area contributed by atoms with Crippen LogP contribution >= 0.6 is 0 Å². The molecule has 0 aliphatic carbocycles. The van der Waals surface area contributed by atoms with Crippen LogP contribution in [0.5, 0.6) is 0 Å². The standard InChI is InChI=1S/C19H26N.2C18H24N.C17H22N.C16H20N/c1-15-8-6-7-9-17(15)18-11-10-16(14-20(18)5)12-13-19(2,3)4;1-14-8-6-7-9-16(14)17-11-10-15(13-19(17)5)12-18(2,3)4;1-14(2)9-10-16-11-12-18(19(4)13-16)17-8-6-5-7-15(17)3;1-13(2)11-15-9-10-17(18(4)12-15)16-8-6-5-7-14(16)3;1-4-7-14-10-11-16(17(3)12-14)15-9-6-5-8-13(15)2/h6-11,14H,12-13H2,1-5H3;6-11,13H,12H2,1-5H3;5-8,11-14H,9-10H2,1-4H3;5-10,12-13H,11H2,1-4H3;5-6,8-12H,4,7H2,1-3H3/q5*+1. The van der Waals surface area contributed by atoms with E-state index in [0.717, 1.165) is 31.6 Å². The summed E-state index contributed by atoms with van der Waals surface area (Å²) < 4.78 is 11.2. The van der Waals surface area contributed by atoms with E-state index in [2.05, 4.69) is 382 Å². The maximum absolute atomic E-state index is 2.30. The zero-order valence-corrected chi connectivity index (χ0v) is 61.3. The van der Waals surface area contributed by atoms with Gasteiger partial charge in [-0.1, -0.05) is 174 Å². The summed E-state index contributed by atoms with van der Waals surface area (Å²) in [4.78, 5) is 0. The van der Waals surface area contributed by atoms with Crippen LogP contribution in [-0.2, 0) is 67.3 Å². The fourth-order valence-corrected chi connectivity index (χ4v) is 12.0. The van der Waals surface area contributed by atoms with Gasteiger partial charge in [-0.15, -0.1) is 0 Å². The fourth-order valence-electron chi connectivity index (χ4n) is 12.0. The number of pyridine rings is 5. The minimum Gasteiger partial charge on any atom is -0.201 e. The van der Waals surface area contributed by atoms with E-state index >= 15 is 0 Å². The Labute approximate surface area is 564 Å². The zero-order chi connectivity index (χ0) is 68.0. The maximum atomic E-state index is 2.30. The van der Waals surface area contributed by atoms with E-state index in [9.17, 15) is 0 Å². The van der Waals surface area contributed by atoms with Gasteiger partial charge in [-0.25, -0.2) is 22.8 Å². The average Bonchev–Trinajstić information content (AvgIpc) is 2.48. The normalized spacial score (nSPS) is 11.2. The number of nitrogens with zero attached hydrogens (tertiary/aromatic N) is 5. The van der Waals surface area contributed by atoms with Gasteiger partial charge in [0, 0.05) is 86.0 Å². The second-order valence-electron chi connectivity index (χ2n) is 29.3. The number of aromatic nitrogens is 5. The molecule has 0 saturated heterocycles. The van der Waals surface area contributed by atoms with Crippen LogP contribution in [-0.4, -0.2) is 0 Å². The largest absolute Gasteiger partial charge is 0.212 e. The predicted molar refractivity (Wildman–Crippen MR) is 396 cm³/mol. The van der Waals surface area contributed by atoms with Crippen molar-refractivity contribution in [3.05, 3.63) is 269 Å². The Morgan fingerprint density at radius 3 is 0.839 bits per heavy atom. The SMILES string of the molecule is CCCc1ccc(-c2ccccc2C)[n+](C)c1.Cc1ccccc1-c1ccc(CC(C)(C)C)c[n+]1C.Cc1ccccc1-c1ccc(CC(C)C)c[n+]1C.Cc1ccccc1-c1ccc(CCC(C)(C)C)c[n+]1C.Cc1ccccc1-c1ccc(CCC(C)C)c[n+]1C. The molecule has 0 aliphatic rings. The highest BCUT2D eigenvalue weighted by atomic mass is 14.9. The molecule has 5 heterocycles. The summed E-state index contributed by atoms with van der Waals surface area (Å²) in [7, 11) is 10.7. The molecule has 10 aromatic rings. The summed E-state index contributed by atoms with van der Waals surface area (Å²) in [5, 5.41) is 0. The lowest BCUT2D eigenvalue weighted by Crippen LogP contribution is -2.32. The molecule has 5 nitrogen and oxygen atoms in total. The van der Waals surface area contributed by atoms with E-state index in [1.54, 1.807) is 0 Å². The van der Waals surface area contributed by atoms with Crippen molar-refractivity contribution in [1.29, 1.82) is 0 Å². The van der Waals surface area contributed by atoms with Crippen molar-refractivity contribution in [2.45, 2.75) is 162 Å². The molecule has 0 radical (unpaired) electrons. The van der Waals surface area contributed by atoms with E-state index in [-0.39, 0.29) is 0 Å². The van der Waals surface area contributed by atoms with E-state index in [0.29, 0.717) is 16.7 Å². The van der Waals surface area contributed by atoms with Crippen molar-refractivity contribution in [2.24, 2.45) is 57.9 Å². The Morgan fingerprint density at radius 1 is 0.301 bits per heavy atom. The molecule has 488 valence electrons. The third kappa shape index (κ3) is 23.4. The van der Waals surface area contributed by atoms with Crippen molar-refractivity contribution in [3.63, 3.8) is 0 Å². The van der Waals surface area contributed by atoms with Gasteiger partial charge in [0.25, 0.3) is 0 Å². The Balaban J connectivity index is 0.000000185. The minimum atomic E-state index is 0.331. The van der Waals surface area contributed by atoms with Gasteiger partial charge >= 0.3 is 0 Å². The fraction of sp³-hybridized carbons (Fsp3) is 0.375. The number of rotatable bonds is 15. The molecule has 5 aromatic carbocycles. The third-order valence-electron chi connectivity index (χ3n) is 17.2. The van der Waals surface area contributed by atoms with Crippen molar-refractivity contribution < 1.29 is 22.8 Å². The zero-order valence-electron chi connectivity index (χ0n) is 61.3. The summed E-state index contributed by atoms with van der Waals surface area (Å²) in [5.41, 5.74) is 27.4. The Hall–Kier alpha value is -8.15. The summed E-state index contributed by atoms with van der Waals surface area (Å²) in [6.07, 6.45) is 20.7. The van der Waals surface area contributed by atoms with E-state index in [1.165, 1.54) is 138 Å². The van der Waals surface area contributed by atoms with Gasteiger partial charge in [0.15, 0.2) is 31.0 Å². The molecule has 0 saturated carbocycles. The van der Waals surface area contributed by atoms with Crippen LogP contribution in [0.25, 0.3) is 56.3 Å². The third-order valence-corrected chi connectivity index (χ3v) is 17.2. The monoisotopic (exact) mass is 1240 g/mol. The van der Waals surface area contributed by atoms with Gasteiger partial charge in [0.05, 0.1) is 0 Å². The molecule has 93 heavy (non-hydrogen) atoms.